The van der Waals surface area contributed by atoms with Crippen LogP contribution in [0.25, 0.3) is 0 Å². The minimum absolute atomic E-state index is 0.313. The lowest BCUT2D eigenvalue weighted by atomic mass is 10.2. The number of halogens is 1. The molecule has 1 aromatic carbocycles. The number of carboxylic acids is 1. The van der Waals surface area contributed by atoms with Gasteiger partial charge in [-0.1, -0.05) is 13.8 Å². The first-order valence-corrected chi connectivity index (χ1v) is 6.94. The van der Waals surface area contributed by atoms with Crippen molar-refractivity contribution in [2.45, 2.75) is 25.2 Å². The molecular formula is C12H15BrO2S. The summed E-state index contributed by atoms with van der Waals surface area (Å²) in [6.07, 6.45) is 1.17. The monoisotopic (exact) mass is 302 g/mol. The van der Waals surface area contributed by atoms with Crippen LogP contribution in [0.15, 0.2) is 27.6 Å². The average molecular weight is 303 g/mol. The minimum atomic E-state index is -0.898. The molecule has 0 saturated heterocycles. The van der Waals surface area contributed by atoms with Gasteiger partial charge in [-0.3, -0.25) is 0 Å². The molecule has 1 N–H and O–H groups in total. The van der Waals surface area contributed by atoms with Gasteiger partial charge in [-0.2, -0.15) is 0 Å². The Hall–Kier alpha value is -0.480. The third-order valence-corrected chi connectivity index (χ3v) is 3.82. The summed E-state index contributed by atoms with van der Waals surface area (Å²) >= 11 is 5.03. The number of rotatable bonds is 5. The molecule has 1 aromatic rings. The van der Waals surface area contributed by atoms with Crippen molar-refractivity contribution in [1.29, 1.82) is 0 Å². The molecule has 0 fully saturated rings. The largest absolute Gasteiger partial charge is 0.478 e. The summed E-state index contributed by atoms with van der Waals surface area (Å²) in [6.45, 7) is 4.40. The maximum atomic E-state index is 10.8. The first kappa shape index (κ1) is 13.6. The van der Waals surface area contributed by atoms with Crippen molar-refractivity contribution in [3.8, 4) is 0 Å². The standard InChI is InChI=1S/C12H15BrO2S/c1-8(2)5-6-16-9-3-4-10(12(14)15)11(13)7-9/h3-4,7-8H,5-6H2,1-2H3,(H,14,15). The molecule has 0 radical (unpaired) electrons. The van der Waals surface area contributed by atoms with Crippen LogP contribution in [-0.2, 0) is 0 Å². The van der Waals surface area contributed by atoms with E-state index in [4.69, 9.17) is 5.11 Å². The molecule has 4 heteroatoms. The highest BCUT2D eigenvalue weighted by molar-refractivity contribution is 9.10. The van der Waals surface area contributed by atoms with Gasteiger partial charge in [0, 0.05) is 9.37 Å². The van der Waals surface area contributed by atoms with Gasteiger partial charge in [0.25, 0.3) is 0 Å². The van der Waals surface area contributed by atoms with E-state index in [-0.39, 0.29) is 0 Å². The van der Waals surface area contributed by atoms with Crippen LogP contribution in [0.3, 0.4) is 0 Å². The van der Waals surface area contributed by atoms with Crippen LogP contribution in [0.1, 0.15) is 30.6 Å². The summed E-state index contributed by atoms with van der Waals surface area (Å²) in [4.78, 5) is 11.9. The second-order valence-electron chi connectivity index (χ2n) is 3.98. The highest BCUT2D eigenvalue weighted by atomic mass is 79.9. The van der Waals surface area contributed by atoms with Crippen LogP contribution in [0.2, 0.25) is 0 Å². The highest BCUT2D eigenvalue weighted by Crippen LogP contribution is 2.26. The predicted molar refractivity (Wildman–Crippen MR) is 71.3 cm³/mol. The molecule has 0 amide bonds. The second-order valence-corrected chi connectivity index (χ2v) is 6.00. The van der Waals surface area contributed by atoms with E-state index in [1.165, 1.54) is 6.42 Å². The fraction of sp³-hybridized carbons (Fsp3) is 0.417. The van der Waals surface area contributed by atoms with Crippen molar-refractivity contribution >= 4 is 33.7 Å². The summed E-state index contributed by atoms with van der Waals surface area (Å²) in [5.74, 6) is 0.871. The Balaban J connectivity index is 2.63. The molecule has 0 unspecified atom stereocenters. The van der Waals surface area contributed by atoms with E-state index in [1.807, 2.05) is 12.1 Å². The van der Waals surface area contributed by atoms with Gasteiger partial charge in [0.05, 0.1) is 5.56 Å². The Morgan fingerprint density at radius 2 is 2.19 bits per heavy atom. The van der Waals surface area contributed by atoms with Crippen LogP contribution < -0.4 is 0 Å². The average Bonchev–Trinajstić information content (AvgIpc) is 2.16. The second kappa shape index (κ2) is 6.30. The highest BCUT2D eigenvalue weighted by Gasteiger charge is 2.08. The molecule has 2 nitrogen and oxygen atoms in total. The molecule has 16 heavy (non-hydrogen) atoms. The Morgan fingerprint density at radius 1 is 1.50 bits per heavy atom. The Kier molecular flexibility index (Phi) is 5.35. The van der Waals surface area contributed by atoms with Gasteiger partial charge >= 0.3 is 5.97 Å². The lowest BCUT2D eigenvalue weighted by Gasteiger charge is -2.06. The van der Waals surface area contributed by atoms with Gasteiger partial charge in [-0.05, 0) is 52.2 Å². The first-order valence-electron chi connectivity index (χ1n) is 5.16. The van der Waals surface area contributed by atoms with E-state index in [0.29, 0.717) is 16.0 Å². The van der Waals surface area contributed by atoms with Gasteiger partial charge < -0.3 is 5.11 Å². The number of carboxylic acid groups (broad SMARTS) is 1. The zero-order valence-corrected chi connectivity index (χ0v) is 11.8. The molecule has 88 valence electrons. The summed E-state index contributed by atoms with van der Waals surface area (Å²) in [5.41, 5.74) is 0.313. The molecule has 0 saturated carbocycles. The van der Waals surface area contributed by atoms with Crippen LogP contribution in [0.5, 0.6) is 0 Å². The SMILES string of the molecule is CC(C)CCSc1ccc(C(=O)O)c(Br)c1. The molecular weight excluding hydrogens is 288 g/mol. The minimum Gasteiger partial charge on any atom is -0.478 e. The number of hydrogen-bond donors (Lipinski definition) is 1. The third-order valence-electron chi connectivity index (χ3n) is 2.13. The van der Waals surface area contributed by atoms with E-state index >= 15 is 0 Å². The molecule has 1 rings (SSSR count). The maximum Gasteiger partial charge on any atom is 0.336 e. The van der Waals surface area contributed by atoms with Crippen LogP contribution >= 0.6 is 27.7 Å². The first-order chi connectivity index (χ1) is 7.50. The van der Waals surface area contributed by atoms with Crippen LogP contribution in [-0.4, -0.2) is 16.8 Å². The number of thioether (sulfide) groups is 1. The Bertz CT molecular complexity index is 377. The van der Waals surface area contributed by atoms with E-state index in [9.17, 15) is 4.79 Å². The maximum absolute atomic E-state index is 10.8. The number of carbonyl (C=O) groups is 1. The fourth-order valence-corrected chi connectivity index (χ4v) is 3.06. The van der Waals surface area contributed by atoms with Crippen LogP contribution in [0, 0.1) is 5.92 Å². The van der Waals surface area contributed by atoms with Crippen molar-refractivity contribution in [3.05, 3.63) is 28.2 Å². The van der Waals surface area contributed by atoms with Gasteiger partial charge in [0.1, 0.15) is 0 Å². The van der Waals surface area contributed by atoms with Gasteiger partial charge in [0.2, 0.25) is 0 Å². The zero-order valence-electron chi connectivity index (χ0n) is 9.37. The van der Waals surface area contributed by atoms with Crippen molar-refractivity contribution in [2.24, 2.45) is 5.92 Å². The van der Waals surface area contributed by atoms with Crippen molar-refractivity contribution in [1.82, 2.24) is 0 Å². The Morgan fingerprint density at radius 3 is 2.69 bits per heavy atom. The van der Waals surface area contributed by atoms with E-state index < -0.39 is 5.97 Å². The molecule has 0 aromatic heterocycles. The third kappa shape index (κ3) is 4.18. The number of aromatic carboxylic acids is 1. The lowest BCUT2D eigenvalue weighted by molar-refractivity contribution is 0.0696. The van der Waals surface area contributed by atoms with Crippen LogP contribution in [0.4, 0.5) is 0 Å². The molecule has 0 aliphatic heterocycles. The van der Waals surface area contributed by atoms with E-state index in [1.54, 1.807) is 17.8 Å². The zero-order chi connectivity index (χ0) is 12.1. The summed E-state index contributed by atoms with van der Waals surface area (Å²) in [7, 11) is 0. The Labute approximate surface area is 109 Å². The van der Waals surface area contributed by atoms with Gasteiger partial charge in [0.15, 0.2) is 0 Å². The molecule has 0 spiro atoms. The summed E-state index contributed by atoms with van der Waals surface area (Å²) < 4.78 is 0.648. The quantitative estimate of drug-likeness (QED) is 0.825. The molecule has 0 bridgehead atoms. The normalized spacial score (nSPS) is 10.8. The van der Waals surface area contributed by atoms with Crippen molar-refractivity contribution in [3.63, 3.8) is 0 Å². The topological polar surface area (TPSA) is 37.3 Å². The van der Waals surface area contributed by atoms with Crippen molar-refractivity contribution in [2.75, 3.05) is 5.75 Å². The molecule has 0 heterocycles. The van der Waals surface area contributed by atoms with Crippen molar-refractivity contribution < 1.29 is 9.90 Å². The van der Waals surface area contributed by atoms with Gasteiger partial charge in [-0.15, -0.1) is 11.8 Å². The fourth-order valence-electron chi connectivity index (χ4n) is 1.17. The van der Waals surface area contributed by atoms with E-state index in [0.717, 1.165) is 10.6 Å². The van der Waals surface area contributed by atoms with E-state index in [2.05, 4.69) is 29.8 Å². The summed E-state index contributed by atoms with van der Waals surface area (Å²) in [5, 5.41) is 8.87. The smallest absolute Gasteiger partial charge is 0.336 e. The molecule has 0 atom stereocenters. The predicted octanol–water partition coefficient (Wildman–Crippen LogP) is 4.29. The summed E-state index contributed by atoms with van der Waals surface area (Å²) in [6, 6.07) is 5.37. The lowest BCUT2D eigenvalue weighted by Crippen LogP contribution is -1.97. The van der Waals surface area contributed by atoms with Gasteiger partial charge in [-0.25, -0.2) is 4.79 Å². The number of hydrogen-bond acceptors (Lipinski definition) is 2. The number of benzene rings is 1. The molecule has 0 aliphatic carbocycles. The molecule has 0 aliphatic rings.